The number of amidine groups is 1. The molecule has 0 spiro atoms. The monoisotopic (exact) mass is 460 g/mol. The van der Waals surface area contributed by atoms with Crippen LogP contribution in [0.3, 0.4) is 0 Å². The number of rotatable bonds is 7. The second-order valence-electron chi connectivity index (χ2n) is 7.80. The van der Waals surface area contributed by atoms with Crippen LogP contribution in [0.25, 0.3) is 0 Å². The molecule has 176 valence electrons. The highest BCUT2D eigenvalue weighted by Gasteiger charge is 2.46. The third kappa shape index (κ3) is 5.88. The molecule has 0 aromatic heterocycles. The summed E-state index contributed by atoms with van der Waals surface area (Å²) in [6.07, 6.45) is 5.80. The van der Waals surface area contributed by atoms with Crippen LogP contribution in [-0.2, 0) is 24.2 Å². The van der Waals surface area contributed by atoms with Crippen molar-refractivity contribution < 1.29 is 31.5 Å². The molecule has 12 heteroatoms. The van der Waals surface area contributed by atoms with Crippen molar-refractivity contribution in [1.82, 2.24) is 15.3 Å². The summed E-state index contributed by atoms with van der Waals surface area (Å²) >= 11 is 0. The Hall–Kier alpha value is -1.89. The minimum Gasteiger partial charge on any atom is -0.450 e. The molecule has 0 aliphatic carbocycles. The predicted octanol–water partition coefficient (Wildman–Crippen LogP) is 2.18. The summed E-state index contributed by atoms with van der Waals surface area (Å²) in [5.41, 5.74) is -0.910. The lowest BCUT2D eigenvalue weighted by Gasteiger charge is -2.45. The number of ether oxygens (including phenoxy) is 2. The van der Waals surface area contributed by atoms with E-state index in [1.807, 2.05) is 6.92 Å². The van der Waals surface area contributed by atoms with Crippen LogP contribution in [0.5, 0.6) is 0 Å². The van der Waals surface area contributed by atoms with Crippen LogP contribution in [0, 0.1) is 0 Å². The average Bonchev–Trinajstić information content (AvgIpc) is 2.75. The normalized spacial score (nSPS) is 27.4. The van der Waals surface area contributed by atoms with Gasteiger partial charge in [0.05, 0.1) is 6.61 Å². The molecule has 1 amide bonds. The smallest absolute Gasteiger partial charge is 0.418 e. The molecule has 3 rings (SSSR count). The van der Waals surface area contributed by atoms with E-state index in [4.69, 9.17) is 18.7 Å². The Labute approximate surface area is 183 Å². The lowest BCUT2D eigenvalue weighted by Crippen LogP contribution is -2.60. The molecular weight excluding hydrogens is 428 g/mol. The Morgan fingerprint density at radius 1 is 1.29 bits per heavy atom. The number of aliphatic imine (C=N–C) groups is 1. The fourth-order valence-corrected chi connectivity index (χ4v) is 4.55. The lowest BCUT2D eigenvalue weighted by atomic mass is 9.89. The van der Waals surface area contributed by atoms with Crippen LogP contribution >= 0.6 is 0 Å². The first-order chi connectivity index (χ1) is 14.8. The SMILES string of the molecule is CCOC(=O)NC1C=C(N2CCCCC2)N=C(C2(CC)CCCCO2)N1OS(=O)(=O)O. The van der Waals surface area contributed by atoms with Crippen molar-refractivity contribution >= 4 is 22.3 Å². The zero-order valence-electron chi connectivity index (χ0n) is 18.1. The molecule has 31 heavy (non-hydrogen) atoms. The maximum atomic E-state index is 12.2. The van der Waals surface area contributed by atoms with Crippen LogP contribution in [0.1, 0.15) is 58.8 Å². The van der Waals surface area contributed by atoms with E-state index in [2.05, 4.69) is 10.2 Å². The Kier molecular flexibility index (Phi) is 7.78. The van der Waals surface area contributed by atoms with Crippen molar-refractivity contribution in [3.05, 3.63) is 11.9 Å². The minimum atomic E-state index is -4.90. The summed E-state index contributed by atoms with van der Waals surface area (Å²) in [6.45, 7) is 5.82. The number of hydroxylamine groups is 2. The van der Waals surface area contributed by atoms with Gasteiger partial charge in [-0.15, -0.1) is 4.28 Å². The van der Waals surface area contributed by atoms with E-state index in [0.29, 0.717) is 25.3 Å². The van der Waals surface area contributed by atoms with E-state index in [1.165, 1.54) is 0 Å². The van der Waals surface area contributed by atoms with Crippen LogP contribution in [0.2, 0.25) is 0 Å². The summed E-state index contributed by atoms with van der Waals surface area (Å²) in [4.78, 5) is 19.0. The van der Waals surface area contributed by atoms with Gasteiger partial charge >= 0.3 is 16.5 Å². The van der Waals surface area contributed by atoms with Crippen molar-refractivity contribution in [3.63, 3.8) is 0 Å². The molecule has 0 radical (unpaired) electrons. The summed E-state index contributed by atoms with van der Waals surface area (Å²) < 4.78 is 48.8. The molecule has 2 unspecified atom stereocenters. The van der Waals surface area contributed by atoms with Crippen molar-refractivity contribution in [2.24, 2.45) is 4.99 Å². The Bertz CT molecular complexity index is 802. The average molecular weight is 461 g/mol. The van der Waals surface area contributed by atoms with Crippen LogP contribution in [0.4, 0.5) is 4.79 Å². The first-order valence-corrected chi connectivity index (χ1v) is 12.2. The molecule has 0 aromatic carbocycles. The molecule has 11 nitrogen and oxygen atoms in total. The van der Waals surface area contributed by atoms with Crippen LogP contribution in [-0.4, -0.2) is 72.9 Å². The first-order valence-electron chi connectivity index (χ1n) is 10.9. The number of alkyl carbamates (subject to hydrolysis) is 1. The maximum Gasteiger partial charge on any atom is 0.418 e. The van der Waals surface area contributed by atoms with Crippen LogP contribution in [0.15, 0.2) is 16.9 Å². The molecule has 2 atom stereocenters. The van der Waals surface area contributed by atoms with E-state index in [-0.39, 0.29) is 12.4 Å². The number of amides is 1. The Morgan fingerprint density at radius 2 is 2.03 bits per heavy atom. The van der Waals surface area contributed by atoms with E-state index in [1.54, 1.807) is 13.0 Å². The number of carbonyl (C=O) groups excluding carboxylic acids is 1. The molecule has 3 heterocycles. The largest absolute Gasteiger partial charge is 0.450 e. The Morgan fingerprint density at radius 3 is 2.61 bits per heavy atom. The molecule has 2 saturated heterocycles. The van der Waals surface area contributed by atoms with Gasteiger partial charge in [0.2, 0.25) is 0 Å². The predicted molar refractivity (Wildman–Crippen MR) is 112 cm³/mol. The van der Waals surface area contributed by atoms with Gasteiger partial charge in [-0.05, 0) is 51.9 Å². The third-order valence-electron chi connectivity index (χ3n) is 5.72. The fourth-order valence-electron chi connectivity index (χ4n) is 4.18. The number of nitrogens with zero attached hydrogens (tertiary/aromatic N) is 3. The zero-order valence-corrected chi connectivity index (χ0v) is 18.9. The van der Waals surface area contributed by atoms with Gasteiger partial charge in [0, 0.05) is 25.8 Å². The first kappa shape index (κ1) is 23.8. The fraction of sp³-hybridized carbons (Fsp3) is 0.789. The standard InChI is InChI=1S/C19H32N4O7S/c1-3-19(10-6-9-13-29-19)17-20-15(22-11-7-5-8-12-22)14-16(21-18(24)28-4-2)23(17)30-31(25,26)27/h14,16H,3-13H2,1-2H3,(H,21,24)(H,25,26,27). The third-order valence-corrected chi connectivity index (χ3v) is 6.07. The highest BCUT2D eigenvalue weighted by molar-refractivity contribution is 7.80. The van der Waals surface area contributed by atoms with Crippen LogP contribution < -0.4 is 5.32 Å². The van der Waals surface area contributed by atoms with E-state index >= 15 is 0 Å². The van der Waals surface area contributed by atoms with E-state index < -0.39 is 28.3 Å². The van der Waals surface area contributed by atoms with Crippen molar-refractivity contribution in [2.75, 3.05) is 26.3 Å². The highest BCUT2D eigenvalue weighted by atomic mass is 32.3. The summed E-state index contributed by atoms with van der Waals surface area (Å²) in [6, 6.07) is 0. The number of piperidine rings is 1. The molecule has 2 fully saturated rings. The zero-order chi connectivity index (χ0) is 22.5. The second-order valence-corrected chi connectivity index (χ2v) is 8.80. The van der Waals surface area contributed by atoms with Crippen molar-refractivity contribution in [2.45, 2.75) is 70.6 Å². The molecule has 3 aliphatic rings. The highest BCUT2D eigenvalue weighted by Crippen LogP contribution is 2.35. The number of hydrogen-bond donors (Lipinski definition) is 2. The van der Waals surface area contributed by atoms with Gasteiger partial charge in [-0.3, -0.25) is 9.87 Å². The van der Waals surface area contributed by atoms with Gasteiger partial charge in [-0.1, -0.05) is 6.92 Å². The van der Waals surface area contributed by atoms with Gasteiger partial charge in [0.25, 0.3) is 0 Å². The van der Waals surface area contributed by atoms with E-state index in [9.17, 15) is 17.8 Å². The molecule has 3 aliphatic heterocycles. The minimum absolute atomic E-state index is 0.142. The molecular formula is C19H32N4O7S. The molecule has 2 N–H and O–H groups in total. The molecule has 0 aromatic rings. The molecule has 0 bridgehead atoms. The number of likely N-dealkylation sites (tertiary alicyclic amines) is 1. The Balaban J connectivity index is 2.04. The van der Waals surface area contributed by atoms with Gasteiger partial charge < -0.3 is 14.4 Å². The number of carbonyl (C=O) groups is 1. The van der Waals surface area contributed by atoms with Gasteiger partial charge in [-0.2, -0.15) is 13.5 Å². The van der Waals surface area contributed by atoms with Crippen molar-refractivity contribution in [1.29, 1.82) is 0 Å². The lowest BCUT2D eigenvalue weighted by molar-refractivity contribution is -0.0812. The topological polar surface area (TPSA) is 130 Å². The second kappa shape index (κ2) is 10.2. The molecule has 0 saturated carbocycles. The van der Waals surface area contributed by atoms with E-state index in [0.717, 1.165) is 50.3 Å². The number of nitrogens with one attached hydrogen (secondary N) is 1. The van der Waals surface area contributed by atoms with Gasteiger partial charge in [0.15, 0.2) is 12.0 Å². The maximum absolute atomic E-state index is 12.2. The quantitative estimate of drug-likeness (QED) is 0.549. The summed E-state index contributed by atoms with van der Waals surface area (Å²) in [7, 11) is -4.90. The van der Waals surface area contributed by atoms with Gasteiger partial charge in [0.1, 0.15) is 11.4 Å². The van der Waals surface area contributed by atoms with Crippen molar-refractivity contribution in [3.8, 4) is 0 Å². The number of hydrogen-bond acceptors (Lipinski definition) is 9. The summed E-state index contributed by atoms with van der Waals surface area (Å²) in [5, 5.41) is 3.51. The summed E-state index contributed by atoms with van der Waals surface area (Å²) in [5.74, 6) is 0.811. The van der Waals surface area contributed by atoms with Gasteiger partial charge in [-0.25, -0.2) is 9.79 Å².